The van der Waals surface area contributed by atoms with Gasteiger partial charge in [0.2, 0.25) is 10.0 Å². The highest BCUT2D eigenvalue weighted by Crippen LogP contribution is 2.28. The van der Waals surface area contributed by atoms with Crippen LogP contribution in [0.1, 0.15) is 23.2 Å². The van der Waals surface area contributed by atoms with Crippen LogP contribution in [0.25, 0.3) is 0 Å². The number of hydrogen-bond donors (Lipinski definition) is 0. The van der Waals surface area contributed by atoms with Gasteiger partial charge in [0.05, 0.1) is 10.6 Å². The highest BCUT2D eigenvalue weighted by atomic mass is 35.5. The molecule has 0 radical (unpaired) electrons. The van der Waals surface area contributed by atoms with Gasteiger partial charge in [0, 0.05) is 18.1 Å². The van der Waals surface area contributed by atoms with Crippen LogP contribution < -0.4 is 4.74 Å². The Hall–Kier alpha value is -1.60. The Morgan fingerprint density at radius 2 is 1.64 bits per heavy atom. The summed E-state index contributed by atoms with van der Waals surface area (Å²) >= 11 is 11.9. The SMILES string of the molecule is O=C(Oc1ccc(Cl)cc1)c1ccc(Cl)c(S(=O)(=O)N2CCCC2)c1. The van der Waals surface area contributed by atoms with Gasteiger partial charge in [-0.3, -0.25) is 0 Å². The van der Waals surface area contributed by atoms with Gasteiger partial charge in [-0.2, -0.15) is 4.31 Å². The van der Waals surface area contributed by atoms with E-state index in [0.717, 1.165) is 12.8 Å². The first-order valence-corrected chi connectivity index (χ1v) is 9.85. The molecule has 0 spiro atoms. The first kappa shape index (κ1) is 18.2. The zero-order chi connectivity index (χ0) is 18.0. The lowest BCUT2D eigenvalue weighted by Crippen LogP contribution is -2.28. The zero-order valence-corrected chi connectivity index (χ0v) is 15.4. The van der Waals surface area contributed by atoms with E-state index >= 15 is 0 Å². The summed E-state index contributed by atoms with van der Waals surface area (Å²) in [6.45, 7) is 0.913. The lowest BCUT2D eigenvalue weighted by Gasteiger charge is -2.17. The second kappa shape index (κ2) is 7.33. The third-order valence-electron chi connectivity index (χ3n) is 3.87. The number of esters is 1. The van der Waals surface area contributed by atoms with E-state index in [4.69, 9.17) is 27.9 Å². The Kier molecular flexibility index (Phi) is 5.34. The lowest BCUT2D eigenvalue weighted by molar-refractivity contribution is 0.0734. The average molecular weight is 400 g/mol. The third kappa shape index (κ3) is 3.98. The molecule has 0 saturated carbocycles. The Bertz CT molecular complexity index is 891. The van der Waals surface area contributed by atoms with Crippen molar-refractivity contribution >= 4 is 39.2 Å². The maximum absolute atomic E-state index is 12.7. The number of benzene rings is 2. The number of rotatable bonds is 4. The van der Waals surface area contributed by atoms with Crippen molar-refractivity contribution in [2.75, 3.05) is 13.1 Å². The average Bonchev–Trinajstić information content (AvgIpc) is 3.12. The molecule has 132 valence electrons. The molecule has 0 aromatic heterocycles. The van der Waals surface area contributed by atoms with E-state index in [1.54, 1.807) is 24.3 Å². The number of sulfonamides is 1. The van der Waals surface area contributed by atoms with Gasteiger partial charge in [-0.15, -0.1) is 0 Å². The van der Waals surface area contributed by atoms with E-state index < -0.39 is 16.0 Å². The van der Waals surface area contributed by atoms with Crippen molar-refractivity contribution in [1.29, 1.82) is 0 Å². The molecule has 1 saturated heterocycles. The minimum Gasteiger partial charge on any atom is -0.423 e. The monoisotopic (exact) mass is 399 g/mol. The summed E-state index contributed by atoms with van der Waals surface area (Å²) in [5, 5.41) is 0.597. The van der Waals surface area contributed by atoms with Gasteiger partial charge in [0.1, 0.15) is 10.6 Å². The molecular formula is C17H15Cl2NO4S. The van der Waals surface area contributed by atoms with Crippen molar-refractivity contribution in [2.45, 2.75) is 17.7 Å². The molecule has 0 aliphatic carbocycles. The zero-order valence-electron chi connectivity index (χ0n) is 13.1. The maximum Gasteiger partial charge on any atom is 0.343 e. The topological polar surface area (TPSA) is 63.7 Å². The number of nitrogens with zero attached hydrogens (tertiary/aromatic N) is 1. The lowest BCUT2D eigenvalue weighted by atomic mass is 10.2. The third-order valence-corrected chi connectivity index (χ3v) is 6.51. The molecule has 1 fully saturated rings. The summed E-state index contributed by atoms with van der Waals surface area (Å²) in [5.41, 5.74) is 0.108. The molecule has 0 unspecified atom stereocenters. The van der Waals surface area contributed by atoms with Crippen LogP contribution >= 0.6 is 23.2 Å². The molecule has 1 aliphatic rings. The van der Waals surface area contributed by atoms with Gasteiger partial charge in [0.15, 0.2) is 0 Å². The molecule has 5 nitrogen and oxygen atoms in total. The molecule has 25 heavy (non-hydrogen) atoms. The second-order valence-corrected chi connectivity index (χ2v) is 8.35. The number of ether oxygens (including phenoxy) is 1. The summed E-state index contributed by atoms with van der Waals surface area (Å²) in [6, 6.07) is 10.4. The predicted molar refractivity (Wildman–Crippen MR) is 95.9 cm³/mol. The van der Waals surface area contributed by atoms with Gasteiger partial charge in [0.25, 0.3) is 0 Å². The largest absolute Gasteiger partial charge is 0.423 e. The molecule has 0 atom stereocenters. The van der Waals surface area contributed by atoms with Crippen molar-refractivity contribution < 1.29 is 17.9 Å². The fourth-order valence-electron chi connectivity index (χ4n) is 2.56. The molecule has 1 heterocycles. The summed E-state index contributed by atoms with van der Waals surface area (Å²) in [7, 11) is -3.73. The highest BCUT2D eigenvalue weighted by Gasteiger charge is 2.30. The molecule has 8 heteroatoms. The summed E-state index contributed by atoms with van der Waals surface area (Å²) in [5.74, 6) is -0.356. The van der Waals surface area contributed by atoms with E-state index in [0.29, 0.717) is 23.9 Å². The Morgan fingerprint density at radius 1 is 1.00 bits per heavy atom. The van der Waals surface area contributed by atoms with Gasteiger partial charge < -0.3 is 4.74 Å². The van der Waals surface area contributed by atoms with Crippen LogP contribution in [0.15, 0.2) is 47.4 Å². The quantitative estimate of drug-likeness (QED) is 0.575. The first-order chi connectivity index (χ1) is 11.9. The van der Waals surface area contributed by atoms with Crippen molar-refractivity contribution in [3.05, 3.63) is 58.1 Å². The van der Waals surface area contributed by atoms with Crippen LogP contribution in [-0.4, -0.2) is 31.8 Å². The first-order valence-electron chi connectivity index (χ1n) is 7.65. The molecule has 0 bridgehead atoms. The maximum atomic E-state index is 12.7. The molecule has 2 aromatic rings. The van der Waals surface area contributed by atoms with Gasteiger partial charge >= 0.3 is 5.97 Å². The van der Waals surface area contributed by atoms with E-state index in [1.165, 1.54) is 22.5 Å². The minimum atomic E-state index is -3.73. The minimum absolute atomic E-state index is 0.0787. The van der Waals surface area contributed by atoms with Crippen molar-refractivity contribution in [3.8, 4) is 5.75 Å². The van der Waals surface area contributed by atoms with Crippen LogP contribution in [-0.2, 0) is 10.0 Å². The van der Waals surface area contributed by atoms with Gasteiger partial charge in [-0.05, 0) is 55.3 Å². The highest BCUT2D eigenvalue weighted by molar-refractivity contribution is 7.89. The summed E-state index contributed by atoms with van der Waals surface area (Å²) in [6.07, 6.45) is 1.63. The van der Waals surface area contributed by atoms with E-state index in [9.17, 15) is 13.2 Å². The summed E-state index contributed by atoms with van der Waals surface area (Å²) < 4.78 is 32.0. The van der Waals surface area contributed by atoms with Crippen LogP contribution in [0, 0.1) is 0 Å². The van der Waals surface area contributed by atoms with Crippen LogP contribution in [0.3, 0.4) is 0 Å². The molecule has 2 aromatic carbocycles. The molecule has 1 aliphatic heterocycles. The van der Waals surface area contributed by atoms with E-state index in [1.807, 2.05) is 0 Å². The fourth-order valence-corrected chi connectivity index (χ4v) is 4.71. The number of carbonyl (C=O) groups excluding carboxylic acids is 1. The van der Waals surface area contributed by atoms with Crippen LogP contribution in [0.4, 0.5) is 0 Å². The van der Waals surface area contributed by atoms with Gasteiger partial charge in [-0.25, -0.2) is 13.2 Å². The standard InChI is InChI=1S/C17H15Cl2NO4S/c18-13-4-6-14(7-5-13)24-17(21)12-3-8-15(19)16(11-12)25(22,23)20-9-1-2-10-20/h3-8,11H,1-2,9-10H2. The Labute approximate surface area is 156 Å². The van der Waals surface area contributed by atoms with Crippen molar-refractivity contribution in [3.63, 3.8) is 0 Å². The van der Waals surface area contributed by atoms with Crippen molar-refractivity contribution in [1.82, 2.24) is 4.31 Å². The number of carbonyl (C=O) groups is 1. The number of halogens is 2. The fraction of sp³-hybridized carbons (Fsp3) is 0.235. The molecule has 0 amide bonds. The van der Waals surface area contributed by atoms with E-state index in [-0.39, 0.29) is 15.5 Å². The molecule has 0 N–H and O–H groups in total. The summed E-state index contributed by atoms with van der Waals surface area (Å²) in [4.78, 5) is 12.2. The molecule has 3 rings (SSSR count). The van der Waals surface area contributed by atoms with Gasteiger partial charge in [-0.1, -0.05) is 23.2 Å². The smallest absolute Gasteiger partial charge is 0.343 e. The predicted octanol–water partition coefficient (Wildman–Crippen LogP) is 4.00. The van der Waals surface area contributed by atoms with Crippen LogP contribution in [0.5, 0.6) is 5.75 Å². The Morgan fingerprint density at radius 3 is 2.28 bits per heavy atom. The molecular weight excluding hydrogens is 385 g/mol. The van der Waals surface area contributed by atoms with E-state index in [2.05, 4.69) is 0 Å². The number of hydrogen-bond acceptors (Lipinski definition) is 4. The van der Waals surface area contributed by atoms with Crippen LogP contribution in [0.2, 0.25) is 10.0 Å². The van der Waals surface area contributed by atoms with Crippen molar-refractivity contribution in [2.24, 2.45) is 0 Å². The second-order valence-electron chi connectivity index (χ2n) is 5.60. The Balaban J connectivity index is 1.88. The normalized spacial score (nSPS) is 15.3.